The standard InChI is InChI=1S/C12H15NO4/c1-4-11(15)13-9-5-8(7(2)14)6-10(17-3)12(9)16/h5-6,16H,4H2,1-3H3,(H,13,15). The molecule has 17 heavy (non-hydrogen) atoms. The summed E-state index contributed by atoms with van der Waals surface area (Å²) in [6.45, 7) is 3.09. The van der Waals surface area contributed by atoms with E-state index in [0.29, 0.717) is 5.56 Å². The van der Waals surface area contributed by atoms with Gasteiger partial charge in [0.15, 0.2) is 17.3 Å². The van der Waals surface area contributed by atoms with Crippen molar-refractivity contribution >= 4 is 17.4 Å². The number of benzene rings is 1. The SMILES string of the molecule is CCC(=O)Nc1cc(C(C)=O)cc(OC)c1O. The van der Waals surface area contributed by atoms with Crippen LogP contribution in [-0.4, -0.2) is 23.9 Å². The number of methoxy groups -OCH3 is 1. The Morgan fingerprint density at radius 3 is 2.53 bits per heavy atom. The van der Waals surface area contributed by atoms with Crippen LogP contribution in [-0.2, 0) is 4.79 Å². The lowest BCUT2D eigenvalue weighted by molar-refractivity contribution is -0.115. The van der Waals surface area contributed by atoms with Crippen LogP contribution in [0.3, 0.4) is 0 Å². The van der Waals surface area contributed by atoms with E-state index in [2.05, 4.69) is 5.32 Å². The van der Waals surface area contributed by atoms with Gasteiger partial charge in [0, 0.05) is 12.0 Å². The average molecular weight is 237 g/mol. The highest BCUT2D eigenvalue weighted by atomic mass is 16.5. The number of nitrogens with one attached hydrogen (secondary N) is 1. The summed E-state index contributed by atoms with van der Waals surface area (Å²) < 4.78 is 4.94. The summed E-state index contributed by atoms with van der Waals surface area (Å²) in [6, 6.07) is 2.85. The van der Waals surface area contributed by atoms with E-state index < -0.39 is 0 Å². The molecule has 1 aromatic carbocycles. The Hall–Kier alpha value is -2.04. The van der Waals surface area contributed by atoms with Crippen molar-refractivity contribution < 1.29 is 19.4 Å². The monoisotopic (exact) mass is 237 g/mol. The van der Waals surface area contributed by atoms with Crippen LogP contribution in [0.5, 0.6) is 11.5 Å². The van der Waals surface area contributed by atoms with Gasteiger partial charge in [-0.15, -0.1) is 0 Å². The molecule has 0 saturated carbocycles. The Morgan fingerprint density at radius 1 is 1.41 bits per heavy atom. The molecule has 2 N–H and O–H groups in total. The second kappa shape index (κ2) is 5.34. The minimum atomic E-state index is -0.247. The summed E-state index contributed by atoms with van der Waals surface area (Å²) in [5, 5.41) is 12.3. The van der Waals surface area contributed by atoms with Crippen LogP contribution in [0.1, 0.15) is 30.6 Å². The van der Waals surface area contributed by atoms with Crippen molar-refractivity contribution in [3.63, 3.8) is 0 Å². The highest BCUT2D eigenvalue weighted by Crippen LogP contribution is 2.35. The Bertz CT molecular complexity index is 454. The number of aromatic hydroxyl groups is 1. The summed E-state index contributed by atoms with van der Waals surface area (Å²) in [5.41, 5.74) is 0.549. The van der Waals surface area contributed by atoms with E-state index in [1.54, 1.807) is 6.92 Å². The Labute approximate surface area is 99.4 Å². The second-order valence-corrected chi connectivity index (χ2v) is 3.53. The van der Waals surface area contributed by atoms with Crippen LogP contribution in [0.25, 0.3) is 0 Å². The van der Waals surface area contributed by atoms with Gasteiger partial charge in [-0.25, -0.2) is 0 Å². The van der Waals surface area contributed by atoms with Crippen LogP contribution in [0.2, 0.25) is 0 Å². The third kappa shape index (κ3) is 2.96. The Balaban J connectivity index is 3.22. The number of Topliss-reactive ketones (excluding diaryl/α,β-unsaturated/α-hetero) is 1. The first kappa shape index (κ1) is 13.0. The maximum atomic E-state index is 11.3. The molecule has 0 bridgehead atoms. The van der Waals surface area contributed by atoms with Crippen molar-refractivity contribution in [3.8, 4) is 11.5 Å². The van der Waals surface area contributed by atoms with Gasteiger partial charge in [-0.05, 0) is 19.1 Å². The molecule has 1 aromatic rings. The molecule has 92 valence electrons. The van der Waals surface area contributed by atoms with Gasteiger partial charge in [-0.1, -0.05) is 6.92 Å². The van der Waals surface area contributed by atoms with Gasteiger partial charge in [-0.2, -0.15) is 0 Å². The zero-order valence-electron chi connectivity index (χ0n) is 10.0. The molecule has 0 saturated heterocycles. The summed E-state index contributed by atoms with van der Waals surface area (Å²) in [4.78, 5) is 22.5. The van der Waals surface area contributed by atoms with Gasteiger partial charge in [0.1, 0.15) is 0 Å². The summed E-state index contributed by atoms with van der Waals surface area (Å²) in [6.07, 6.45) is 0.284. The normalized spacial score (nSPS) is 9.82. The van der Waals surface area contributed by atoms with E-state index in [-0.39, 0.29) is 35.3 Å². The predicted octanol–water partition coefficient (Wildman–Crippen LogP) is 1.95. The number of carbonyl (C=O) groups excluding carboxylic acids is 2. The molecule has 1 amide bonds. The number of amides is 1. The molecule has 0 atom stereocenters. The number of phenolic OH excluding ortho intramolecular Hbond substituents is 1. The third-order valence-electron chi connectivity index (χ3n) is 2.30. The number of rotatable bonds is 4. The molecule has 0 aliphatic rings. The number of ether oxygens (including phenoxy) is 1. The molecule has 0 heterocycles. The van der Waals surface area contributed by atoms with Crippen molar-refractivity contribution in [2.24, 2.45) is 0 Å². The topological polar surface area (TPSA) is 75.6 Å². The van der Waals surface area contributed by atoms with E-state index in [0.717, 1.165) is 0 Å². The molecule has 5 heteroatoms. The fraction of sp³-hybridized carbons (Fsp3) is 0.333. The van der Waals surface area contributed by atoms with Gasteiger partial charge in [0.05, 0.1) is 12.8 Å². The highest BCUT2D eigenvalue weighted by molar-refractivity contribution is 5.99. The maximum absolute atomic E-state index is 11.3. The predicted molar refractivity (Wildman–Crippen MR) is 63.6 cm³/mol. The molecule has 0 fully saturated rings. The van der Waals surface area contributed by atoms with Crippen molar-refractivity contribution in [2.75, 3.05) is 12.4 Å². The first-order chi connectivity index (χ1) is 7.99. The summed E-state index contributed by atoms with van der Waals surface area (Å²) >= 11 is 0. The fourth-order valence-electron chi connectivity index (χ4n) is 1.30. The van der Waals surface area contributed by atoms with E-state index in [4.69, 9.17) is 4.74 Å². The zero-order valence-corrected chi connectivity index (χ0v) is 10.0. The van der Waals surface area contributed by atoms with Crippen molar-refractivity contribution in [2.45, 2.75) is 20.3 Å². The summed E-state index contributed by atoms with van der Waals surface area (Å²) in [7, 11) is 1.38. The largest absolute Gasteiger partial charge is 0.503 e. The van der Waals surface area contributed by atoms with Gasteiger partial charge < -0.3 is 15.2 Å². The first-order valence-electron chi connectivity index (χ1n) is 5.21. The van der Waals surface area contributed by atoms with Crippen LogP contribution >= 0.6 is 0 Å². The molecule has 0 radical (unpaired) electrons. The molecule has 0 aromatic heterocycles. The smallest absolute Gasteiger partial charge is 0.224 e. The zero-order chi connectivity index (χ0) is 13.0. The fourth-order valence-corrected chi connectivity index (χ4v) is 1.30. The molecule has 0 aliphatic carbocycles. The molecular weight excluding hydrogens is 222 g/mol. The minimum absolute atomic E-state index is 0.157. The van der Waals surface area contributed by atoms with Gasteiger partial charge in [-0.3, -0.25) is 9.59 Å². The molecule has 5 nitrogen and oxygen atoms in total. The van der Waals surface area contributed by atoms with E-state index in [1.165, 1.54) is 26.2 Å². The lowest BCUT2D eigenvalue weighted by Crippen LogP contribution is -2.10. The van der Waals surface area contributed by atoms with E-state index >= 15 is 0 Å². The quantitative estimate of drug-likeness (QED) is 0.620. The number of hydrogen-bond acceptors (Lipinski definition) is 4. The number of anilines is 1. The molecular formula is C12H15NO4. The molecule has 0 spiro atoms. The van der Waals surface area contributed by atoms with Crippen LogP contribution in [0, 0.1) is 0 Å². The Kier molecular flexibility index (Phi) is 4.09. The van der Waals surface area contributed by atoms with Crippen molar-refractivity contribution in [1.82, 2.24) is 0 Å². The molecule has 0 unspecified atom stereocenters. The number of ketones is 1. The number of hydrogen-bond donors (Lipinski definition) is 2. The number of carbonyl (C=O) groups is 2. The van der Waals surface area contributed by atoms with Gasteiger partial charge >= 0.3 is 0 Å². The van der Waals surface area contributed by atoms with Crippen LogP contribution in [0.4, 0.5) is 5.69 Å². The van der Waals surface area contributed by atoms with E-state index in [9.17, 15) is 14.7 Å². The lowest BCUT2D eigenvalue weighted by atomic mass is 10.1. The molecule has 0 aliphatic heterocycles. The van der Waals surface area contributed by atoms with Gasteiger partial charge in [0.2, 0.25) is 5.91 Å². The highest BCUT2D eigenvalue weighted by Gasteiger charge is 2.14. The first-order valence-corrected chi connectivity index (χ1v) is 5.21. The van der Waals surface area contributed by atoms with E-state index in [1.807, 2.05) is 0 Å². The van der Waals surface area contributed by atoms with Crippen molar-refractivity contribution in [3.05, 3.63) is 17.7 Å². The number of phenols is 1. The maximum Gasteiger partial charge on any atom is 0.224 e. The average Bonchev–Trinajstić information content (AvgIpc) is 2.31. The Morgan fingerprint density at radius 2 is 2.06 bits per heavy atom. The second-order valence-electron chi connectivity index (χ2n) is 3.53. The van der Waals surface area contributed by atoms with Crippen LogP contribution in [0.15, 0.2) is 12.1 Å². The van der Waals surface area contributed by atoms with Crippen LogP contribution < -0.4 is 10.1 Å². The van der Waals surface area contributed by atoms with Gasteiger partial charge in [0.25, 0.3) is 0 Å². The summed E-state index contributed by atoms with van der Waals surface area (Å²) in [5.74, 6) is -0.443. The van der Waals surface area contributed by atoms with Crippen molar-refractivity contribution in [1.29, 1.82) is 0 Å². The molecule has 1 rings (SSSR count). The third-order valence-corrected chi connectivity index (χ3v) is 2.30. The minimum Gasteiger partial charge on any atom is -0.503 e. The lowest BCUT2D eigenvalue weighted by Gasteiger charge is -2.11.